The van der Waals surface area contributed by atoms with E-state index >= 15 is 0 Å². The molecule has 0 spiro atoms. The van der Waals surface area contributed by atoms with Gasteiger partial charge in [0.2, 0.25) is 5.91 Å². The zero-order valence-corrected chi connectivity index (χ0v) is 17.1. The molecule has 2 amide bonds. The van der Waals surface area contributed by atoms with E-state index in [0.29, 0.717) is 12.2 Å². The van der Waals surface area contributed by atoms with Crippen LogP contribution in [0.5, 0.6) is 5.75 Å². The molecule has 0 aliphatic carbocycles. The van der Waals surface area contributed by atoms with E-state index in [0.717, 1.165) is 11.1 Å². The molecule has 0 bridgehead atoms. The van der Waals surface area contributed by atoms with Gasteiger partial charge in [0, 0.05) is 12.1 Å². The second-order valence-corrected chi connectivity index (χ2v) is 7.40. The fourth-order valence-corrected chi connectivity index (χ4v) is 3.65. The van der Waals surface area contributed by atoms with Gasteiger partial charge in [0.1, 0.15) is 12.3 Å². The number of hydrogen-bond acceptors (Lipinski definition) is 5. The maximum atomic E-state index is 13.0. The smallest absolute Gasteiger partial charge is 0.271 e. The van der Waals surface area contributed by atoms with Gasteiger partial charge in [0.05, 0.1) is 16.7 Å². The fourth-order valence-electron chi connectivity index (χ4n) is 3.65. The summed E-state index contributed by atoms with van der Waals surface area (Å²) in [6, 6.07) is 23.1. The number of nitrogens with one attached hydrogen (secondary N) is 1. The third kappa shape index (κ3) is 4.75. The molecule has 1 atom stereocenters. The lowest BCUT2D eigenvalue weighted by Gasteiger charge is -2.29. The normalized spacial score (nSPS) is 13.6. The van der Waals surface area contributed by atoms with Crippen molar-refractivity contribution < 1.29 is 19.2 Å². The Kier molecular flexibility index (Phi) is 6.12. The number of fused-ring (bicyclic) bond motifs is 1. The third-order valence-corrected chi connectivity index (χ3v) is 5.22. The van der Waals surface area contributed by atoms with Crippen LogP contribution in [0.25, 0.3) is 0 Å². The first-order chi connectivity index (χ1) is 15.5. The standard InChI is InChI=1S/C24H21N3O5/c28-23(15-26-21-14-19(27(30)31)11-12-22(21)32-16-24(26)29)25-20(18-9-5-2-6-10-18)13-17-7-3-1-4-8-17/h1-12,14,20H,13,15-16H2,(H,25,28). The van der Waals surface area contributed by atoms with Crippen molar-refractivity contribution in [2.24, 2.45) is 0 Å². The summed E-state index contributed by atoms with van der Waals surface area (Å²) in [6.45, 7) is -0.501. The summed E-state index contributed by atoms with van der Waals surface area (Å²) >= 11 is 0. The molecule has 8 heteroatoms. The molecular formula is C24H21N3O5. The van der Waals surface area contributed by atoms with Crippen molar-refractivity contribution in [3.8, 4) is 5.75 Å². The van der Waals surface area contributed by atoms with Crippen molar-refractivity contribution in [3.63, 3.8) is 0 Å². The molecule has 1 N–H and O–H groups in total. The number of amides is 2. The van der Waals surface area contributed by atoms with E-state index in [2.05, 4.69) is 5.32 Å². The van der Waals surface area contributed by atoms with Crippen LogP contribution >= 0.6 is 0 Å². The molecule has 32 heavy (non-hydrogen) atoms. The average molecular weight is 431 g/mol. The molecule has 8 nitrogen and oxygen atoms in total. The summed E-state index contributed by atoms with van der Waals surface area (Å²) in [5.41, 5.74) is 2.03. The number of benzene rings is 3. The SMILES string of the molecule is O=C(CN1C(=O)COc2ccc([N+](=O)[O-])cc21)NC(Cc1ccccc1)c1ccccc1. The molecule has 0 saturated heterocycles. The first kappa shape index (κ1) is 21.0. The van der Waals surface area contributed by atoms with E-state index in [1.165, 1.54) is 23.1 Å². The molecular weight excluding hydrogens is 410 g/mol. The largest absolute Gasteiger partial charge is 0.482 e. The number of nitro groups is 1. The average Bonchev–Trinajstić information content (AvgIpc) is 2.81. The van der Waals surface area contributed by atoms with Crippen LogP contribution in [0, 0.1) is 10.1 Å². The molecule has 3 aromatic carbocycles. The third-order valence-electron chi connectivity index (χ3n) is 5.22. The number of nitro benzene ring substituents is 1. The van der Waals surface area contributed by atoms with Gasteiger partial charge in [-0.1, -0.05) is 60.7 Å². The maximum Gasteiger partial charge on any atom is 0.271 e. The second-order valence-electron chi connectivity index (χ2n) is 7.40. The molecule has 3 aromatic rings. The van der Waals surface area contributed by atoms with Crippen molar-refractivity contribution in [3.05, 3.63) is 100 Å². The van der Waals surface area contributed by atoms with E-state index in [1.54, 1.807) is 0 Å². The topological polar surface area (TPSA) is 102 Å². The molecule has 1 aliphatic heterocycles. The van der Waals surface area contributed by atoms with Gasteiger partial charge in [0.15, 0.2) is 6.61 Å². The van der Waals surface area contributed by atoms with Crippen LogP contribution in [0.2, 0.25) is 0 Å². The number of non-ortho nitro benzene ring substituents is 1. The lowest BCUT2D eigenvalue weighted by molar-refractivity contribution is -0.384. The zero-order chi connectivity index (χ0) is 22.5. The van der Waals surface area contributed by atoms with E-state index in [4.69, 9.17) is 4.74 Å². The molecule has 0 aromatic heterocycles. The second kappa shape index (κ2) is 9.30. The highest BCUT2D eigenvalue weighted by molar-refractivity contribution is 6.02. The van der Waals surface area contributed by atoms with E-state index in [-0.39, 0.29) is 36.5 Å². The van der Waals surface area contributed by atoms with Crippen LogP contribution in [-0.4, -0.2) is 29.9 Å². The molecule has 1 heterocycles. The van der Waals surface area contributed by atoms with Crippen LogP contribution in [0.15, 0.2) is 78.9 Å². The molecule has 0 radical (unpaired) electrons. The Balaban J connectivity index is 1.55. The zero-order valence-electron chi connectivity index (χ0n) is 17.1. The van der Waals surface area contributed by atoms with E-state index in [9.17, 15) is 19.7 Å². The van der Waals surface area contributed by atoms with Gasteiger partial charge in [-0.25, -0.2) is 0 Å². The highest BCUT2D eigenvalue weighted by Crippen LogP contribution is 2.35. The fraction of sp³-hybridized carbons (Fsp3) is 0.167. The van der Waals surface area contributed by atoms with Crippen molar-refractivity contribution in [1.82, 2.24) is 5.32 Å². The Bertz CT molecular complexity index is 1130. The molecule has 4 rings (SSSR count). The summed E-state index contributed by atoms with van der Waals surface area (Å²) in [7, 11) is 0. The number of carbonyl (C=O) groups excluding carboxylic acids is 2. The highest BCUT2D eigenvalue weighted by Gasteiger charge is 2.30. The molecule has 0 fully saturated rings. The number of hydrogen-bond donors (Lipinski definition) is 1. The van der Waals surface area contributed by atoms with Crippen molar-refractivity contribution in [1.29, 1.82) is 0 Å². The van der Waals surface area contributed by atoms with Gasteiger partial charge in [-0.15, -0.1) is 0 Å². The molecule has 1 aliphatic rings. The summed E-state index contributed by atoms with van der Waals surface area (Å²) < 4.78 is 5.37. The maximum absolute atomic E-state index is 13.0. The minimum Gasteiger partial charge on any atom is -0.482 e. The number of carbonyl (C=O) groups is 2. The molecule has 1 unspecified atom stereocenters. The van der Waals surface area contributed by atoms with Crippen molar-refractivity contribution >= 4 is 23.2 Å². The lowest BCUT2D eigenvalue weighted by Crippen LogP contribution is -2.46. The van der Waals surface area contributed by atoms with Crippen LogP contribution in [0.1, 0.15) is 17.2 Å². The summed E-state index contributed by atoms with van der Waals surface area (Å²) in [6.07, 6.45) is 0.579. The number of nitrogens with zero attached hydrogens (tertiary/aromatic N) is 2. The summed E-state index contributed by atoms with van der Waals surface area (Å²) in [5, 5.41) is 14.2. The van der Waals surface area contributed by atoms with Gasteiger partial charge in [-0.05, 0) is 23.6 Å². The number of ether oxygens (including phenoxy) is 1. The van der Waals surface area contributed by atoms with Crippen LogP contribution < -0.4 is 15.0 Å². The lowest BCUT2D eigenvalue weighted by atomic mass is 9.99. The van der Waals surface area contributed by atoms with E-state index < -0.39 is 10.8 Å². The Morgan fingerprint density at radius 1 is 1.06 bits per heavy atom. The minimum atomic E-state index is -0.553. The monoisotopic (exact) mass is 431 g/mol. The van der Waals surface area contributed by atoms with Crippen molar-refractivity contribution in [2.75, 3.05) is 18.1 Å². The summed E-state index contributed by atoms with van der Waals surface area (Å²) in [4.78, 5) is 37.3. The predicted molar refractivity (Wildman–Crippen MR) is 118 cm³/mol. The Morgan fingerprint density at radius 2 is 1.75 bits per heavy atom. The Labute approximate surface area is 184 Å². The van der Waals surface area contributed by atoms with Crippen molar-refractivity contribution in [2.45, 2.75) is 12.5 Å². The van der Waals surface area contributed by atoms with Crippen LogP contribution in [0.4, 0.5) is 11.4 Å². The van der Waals surface area contributed by atoms with Gasteiger partial charge < -0.3 is 10.1 Å². The van der Waals surface area contributed by atoms with Gasteiger partial charge in [0.25, 0.3) is 11.6 Å². The van der Waals surface area contributed by atoms with Crippen LogP contribution in [-0.2, 0) is 16.0 Å². The van der Waals surface area contributed by atoms with E-state index in [1.807, 2.05) is 60.7 Å². The number of rotatable bonds is 7. The highest BCUT2D eigenvalue weighted by atomic mass is 16.6. The number of anilines is 1. The quantitative estimate of drug-likeness (QED) is 0.456. The molecule has 162 valence electrons. The predicted octanol–water partition coefficient (Wildman–Crippen LogP) is 3.42. The first-order valence-corrected chi connectivity index (χ1v) is 10.1. The minimum absolute atomic E-state index is 0.182. The molecule has 0 saturated carbocycles. The van der Waals surface area contributed by atoms with Gasteiger partial charge in [-0.2, -0.15) is 0 Å². The van der Waals surface area contributed by atoms with Gasteiger partial charge in [-0.3, -0.25) is 24.6 Å². The first-order valence-electron chi connectivity index (χ1n) is 10.1. The Hall–Kier alpha value is -4.20. The Morgan fingerprint density at radius 3 is 2.44 bits per heavy atom. The van der Waals surface area contributed by atoms with Crippen LogP contribution in [0.3, 0.4) is 0 Å². The summed E-state index contributed by atoms with van der Waals surface area (Å²) in [5.74, 6) is -0.484. The van der Waals surface area contributed by atoms with Gasteiger partial charge >= 0.3 is 0 Å².